The SMILES string of the molecule is FCOc1c(F)cc(OF)cc1F. The van der Waals surface area contributed by atoms with E-state index in [4.69, 9.17) is 0 Å². The molecule has 0 aliphatic carbocycles. The van der Waals surface area contributed by atoms with Crippen molar-refractivity contribution in [3.8, 4) is 11.5 Å². The lowest BCUT2D eigenvalue weighted by Crippen LogP contribution is -1.97. The Labute approximate surface area is 70.6 Å². The molecule has 0 aromatic heterocycles. The summed E-state index contributed by atoms with van der Waals surface area (Å²) in [5, 5.41) is 0. The van der Waals surface area contributed by atoms with Gasteiger partial charge in [-0.2, -0.15) is 0 Å². The second kappa shape index (κ2) is 3.97. The van der Waals surface area contributed by atoms with E-state index >= 15 is 0 Å². The van der Waals surface area contributed by atoms with Crippen LogP contribution in [0.3, 0.4) is 0 Å². The van der Waals surface area contributed by atoms with E-state index in [2.05, 4.69) is 9.68 Å². The van der Waals surface area contributed by atoms with E-state index in [9.17, 15) is 17.7 Å². The van der Waals surface area contributed by atoms with Crippen molar-refractivity contribution in [3.63, 3.8) is 0 Å². The van der Waals surface area contributed by atoms with E-state index in [0.29, 0.717) is 12.1 Å². The van der Waals surface area contributed by atoms with Gasteiger partial charge in [0.05, 0.1) is 0 Å². The minimum Gasteiger partial charge on any atom is -0.457 e. The third-order valence-electron chi connectivity index (χ3n) is 1.26. The Morgan fingerprint density at radius 2 is 1.69 bits per heavy atom. The molecule has 0 atom stereocenters. The highest BCUT2D eigenvalue weighted by Gasteiger charge is 2.13. The first-order chi connectivity index (χ1) is 6.19. The van der Waals surface area contributed by atoms with E-state index in [1.54, 1.807) is 0 Å². The third-order valence-corrected chi connectivity index (χ3v) is 1.26. The summed E-state index contributed by atoms with van der Waals surface area (Å²) in [7, 11) is 0. The molecule has 0 spiro atoms. The number of rotatable bonds is 3. The Hall–Kier alpha value is -1.46. The molecule has 0 saturated carbocycles. The first-order valence-corrected chi connectivity index (χ1v) is 3.15. The average molecular weight is 196 g/mol. The fraction of sp³-hybridized carbons (Fsp3) is 0.143. The Bertz CT molecular complexity index is 280. The van der Waals surface area contributed by atoms with Crippen molar-refractivity contribution in [2.75, 3.05) is 6.86 Å². The lowest BCUT2D eigenvalue weighted by Gasteiger charge is -2.04. The smallest absolute Gasteiger partial charge is 0.228 e. The highest BCUT2D eigenvalue weighted by Crippen LogP contribution is 2.27. The predicted octanol–water partition coefficient (Wildman–Crippen LogP) is 2.53. The van der Waals surface area contributed by atoms with Crippen molar-refractivity contribution in [2.45, 2.75) is 0 Å². The highest BCUT2D eigenvalue weighted by atomic mass is 19.3. The van der Waals surface area contributed by atoms with Crippen LogP contribution in [0.5, 0.6) is 11.5 Å². The molecule has 1 aromatic rings. The Balaban J connectivity index is 3.07. The van der Waals surface area contributed by atoms with Gasteiger partial charge in [-0.15, -0.1) is 0 Å². The van der Waals surface area contributed by atoms with E-state index in [-0.39, 0.29) is 0 Å². The van der Waals surface area contributed by atoms with Gasteiger partial charge in [0, 0.05) is 16.7 Å². The average Bonchev–Trinajstić information content (AvgIpc) is 2.11. The molecule has 0 amide bonds. The summed E-state index contributed by atoms with van der Waals surface area (Å²) in [5.74, 6) is -4.01. The van der Waals surface area contributed by atoms with Crippen LogP contribution in [0.4, 0.5) is 17.7 Å². The maximum absolute atomic E-state index is 12.7. The minimum atomic E-state index is -1.37. The van der Waals surface area contributed by atoms with Gasteiger partial charge in [0.15, 0.2) is 23.1 Å². The number of hydrogen-bond acceptors (Lipinski definition) is 2. The maximum Gasteiger partial charge on any atom is 0.228 e. The monoisotopic (exact) mass is 196 g/mol. The van der Waals surface area contributed by atoms with Crippen molar-refractivity contribution in [1.29, 1.82) is 0 Å². The van der Waals surface area contributed by atoms with Gasteiger partial charge in [0.1, 0.15) is 0 Å². The van der Waals surface area contributed by atoms with E-state index in [1.807, 2.05) is 0 Å². The van der Waals surface area contributed by atoms with E-state index in [1.165, 1.54) is 0 Å². The minimum absolute atomic E-state index is 0.536. The van der Waals surface area contributed by atoms with Crippen LogP contribution in [-0.4, -0.2) is 6.86 Å². The molecule has 1 rings (SSSR count). The zero-order valence-corrected chi connectivity index (χ0v) is 6.19. The van der Waals surface area contributed by atoms with Crippen LogP contribution in [-0.2, 0) is 0 Å². The van der Waals surface area contributed by atoms with Crippen LogP contribution in [0.1, 0.15) is 0 Å². The third kappa shape index (κ3) is 2.01. The first kappa shape index (κ1) is 9.63. The number of benzene rings is 1. The summed E-state index contributed by atoms with van der Waals surface area (Å²) in [4.78, 5) is 3.08. The topological polar surface area (TPSA) is 18.5 Å². The van der Waals surface area contributed by atoms with Gasteiger partial charge in [-0.3, -0.25) is 4.94 Å². The zero-order chi connectivity index (χ0) is 9.84. The molecule has 1 aromatic carbocycles. The standard InChI is InChI=1S/C7H4F4O2/c8-3-12-7-5(9)1-4(13-11)2-6(7)10/h1-2H,3H2. The van der Waals surface area contributed by atoms with Crippen molar-refractivity contribution in [2.24, 2.45) is 0 Å². The largest absolute Gasteiger partial charge is 0.457 e. The fourth-order valence-corrected chi connectivity index (χ4v) is 0.774. The lowest BCUT2D eigenvalue weighted by molar-refractivity contribution is -0.00712. The van der Waals surface area contributed by atoms with Crippen LogP contribution in [0.15, 0.2) is 12.1 Å². The van der Waals surface area contributed by atoms with Crippen LogP contribution in [0.25, 0.3) is 0 Å². The van der Waals surface area contributed by atoms with Gasteiger partial charge in [-0.05, 0) is 0 Å². The predicted molar refractivity (Wildman–Crippen MR) is 34.7 cm³/mol. The molecule has 0 fully saturated rings. The van der Waals surface area contributed by atoms with E-state index < -0.39 is 30.0 Å². The normalized spacial score (nSPS) is 9.85. The van der Waals surface area contributed by atoms with Gasteiger partial charge < -0.3 is 4.74 Å². The molecule has 2 nitrogen and oxygen atoms in total. The maximum atomic E-state index is 12.7. The number of hydrogen-bond donors (Lipinski definition) is 0. The highest BCUT2D eigenvalue weighted by molar-refractivity contribution is 5.34. The Morgan fingerprint density at radius 3 is 2.08 bits per heavy atom. The summed E-state index contributed by atoms with van der Waals surface area (Å²) in [6, 6.07) is 1.07. The van der Waals surface area contributed by atoms with Gasteiger partial charge in [-0.1, -0.05) is 0 Å². The molecule has 0 saturated heterocycles. The molecular formula is C7H4F4O2. The molecule has 0 radical (unpaired) electrons. The quantitative estimate of drug-likeness (QED) is 0.691. The Morgan fingerprint density at radius 1 is 1.15 bits per heavy atom. The van der Waals surface area contributed by atoms with Crippen LogP contribution < -0.4 is 9.68 Å². The van der Waals surface area contributed by atoms with Gasteiger partial charge >= 0.3 is 0 Å². The fourth-order valence-electron chi connectivity index (χ4n) is 0.774. The lowest BCUT2D eigenvalue weighted by atomic mass is 10.3. The van der Waals surface area contributed by atoms with Gasteiger partial charge in [0.2, 0.25) is 6.86 Å². The second-order valence-corrected chi connectivity index (χ2v) is 2.05. The molecule has 0 N–H and O–H groups in total. The molecule has 13 heavy (non-hydrogen) atoms. The van der Waals surface area contributed by atoms with Crippen LogP contribution in [0.2, 0.25) is 0 Å². The number of alkyl halides is 1. The number of halogens is 4. The van der Waals surface area contributed by atoms with Crippen molar-refractivity contribution >= 4 is 0 Å². The summed E-state index contributed by atoms with van der Waals surface area (Å²) in [6.45, 7) is -1.37. The molecular weight excluding hydrogens is 192 g/mol. The summed E-state index contributed by atoms with van der Waals surface area (Å²) in [5.41, 5.74) is 0. The molecule has 0 bridgehead atoms. The van der Waals surface area contributed by atoms with Crippen LogP contribution >= 0.6 is 0 Å². The van der Waals surface area contributed by atoms with E-state index in [0.717, 1.165) is 0 Å². The van der Waals surface area contributed by atoms with Crippen molar-refractivity contribution in [3.05, 3.63) is 23.8 Å². The number of ether oxygens (including phenoxy) is 1. The van der Waals surface area contributed by atoms with Crippen molar-refractivity contribution in [1.82, 2.24) is 0 Å². The molecule has 0 aliphatic heterocycles. The molecule has 0 heterocycles. The summed E-state index contributed by atoms with van der Waals surface area (Å²) >= 11 is 0. The molecule has 6 heteroatoms. The molecule has 0 unspecified atom stereocenters. The zero-order valence-electron chi connectivity index (χ0n) is 6.19. The second-order valence-electron chi connectivity index (χ2n) is 2.05. The van der Waals surface area contributed by atoms with Crippen molar-refractivity contribution < 1.29 is 27.4 Å². The first-order valence-electron chi connectivity index (χ1n) is 3.15. The molecule has 0 aliphatic rings. The summed E-state index contributed by atoms with van der Waals surface area (Å²) in [6.07, 6.45) is 0. The van der Waals surface area contributed by atoms with Gasteiger partial charge in [0.25, 0.3) is 0 Å². The van der Waals surface area contributed by atoms with Gasteiger partial charge in [-0.25, -0.2) is 13.2 Å². The Kier molecular flexibility index (Phi) is 2.94. The molecule has 72 valence electrons. The summed E-state index contributed by atoms with van der Waals surface area (Å²) < 4.78 is 52.4. The van der Waals surface area contributed by atoms with Crippen LogP contribution in [0, 0.1) is 11.6 Å².